The van der Waals surface area contributed by atoms with Crippen molar-refractivity contribution in [3.8, 4) is 0 Å². The van der Waals surface area contributed by atoms with Crippen LogP contribution < -0.4 is 4.90 Å². The van der Waals surface area contributed by atoms with Crippen molar-refractivity contribution in [1.29, 1.82) is 0 Å². The summed E-state index contributed by atoms with van der Waals surface area (Å²) in [5.74, 6) is 1.40. The number of pyridine rings is 1. The quantitative estimate of drug-likeness (QED) is 0.525. The van der Waals surface area contributed by atoms with E-state index in [0.717, 1.165) is 17.9 Å². The summed E-state index contributed by atoms with van der Waals surface area (Å²) in [5, 5.41) is 0.644. The average molecular weight is 289 g/mol. The Morgan fingerprint density at radius 1 is 1.33 bits per heavy atom. The number of alkyl halides is 1. The van der Waals surface area contributed by atoms with Crippen LogP contribution in [0, 0.1) is 0 Å². The topological polar surface area (TPSA) is 16.1 Å². The minimum atomic E-state index is 0.426. The number of anilines is 1. The van der Waals surface area contributed by atoms with Crippen molar-refractivity contribution >= 4 is 29.0 Å². The standard InChI is InChI=1S/C14H22Cl2N2/c1-4-5-6-7-18(11(2)3)14-8-12(9-15)13(16)10-17-14/h8,10-11H,4-7,9H2,1-3H3. The lowest BCUT2D eigenvalue weighted by Crippen LogP contribution is -2.32. The van der Waals surface area contributed by atoms with Crippen molar-refractivity contribution in [1.82, 2.24) is 4.98 Å². The summed E-state index contributed by atoms with van der Waals surface area (Å²) in [4.78, 5) is 6.73. The molecular weight excluding hydrogens is 267 g/mol. The Labute approximate surface area is 120 Å². The third-order valence-corrected chi connectivity index (χ3v) is 3.61. The van der Waals surface area contributed by atoms with Gasteiger partial charge in [-0.1, -0.05) is 31.4 Å². The minimum Gasteiger partial charge on any atom is -0.354 e. The summed E-state index contributed by atoms with van der Waals surface area (Å²) in [7, 11) is 0. The van der Waals surface area contributed by atoms with Gasteiger partial charge in [-0.15, -0.1) is 11.6 Å². The summed E-state index contributed by atoms with van der Waals surface area (Å²) < 4.78 is 0. The van der Waals surface area contributed by atoms with E-state index in [9.17, 15) is 0 Å². The van der Waals surface area contributed by atoms with Crippen molar-refractivity contribution in [3.05, 3.63) is 22.8 Å². The molecule has 0 N–H and O–H groups in total. The zero-order valence-corrected chi connectivity index (χ0v) is 12.9. The second kappa shape index (κ2) is 7.85. The van der Waals surface area contributed by atoms with Gasteiger partial charge in [-0.25, -0.2) is 4.98 Å². The lowest BCUT2D eigenvalue weighted by molar-refractivity contribution is 0.619. The van der Waals surface area contributed by atoms with Crippen LogP contribution in [0.1, 0.15) is 45.6 Å². The van der Waals surface area contributed by atoms with E-state index in [0.29, 0.717) is 16.9 Å². The van der Waals surface area contributed by atoms with E-state index in [1.54, 1.807) is 6.20 Å². The van der Waals surface area contributed by atoms with E-state index < -0.39 is 0 Å². The highest BCUT2D eigenvalue weighted by atomic mass is 35.5. The first-order chi connectivity index (χ1) is 8.60. The van der Waals surface area contributed by atoms with Crippen LogP contribution in [0.4, 0.5) is 5.82 Å². The highest BCUT2D eigenvalue weighted by Crippen LogP contribution is 2.23. The van der Waals surface area contributed by atoms with Gasteiger partial charge in [0.25, 0.3) is 0 Å². The molecule has 0 spiro atoms. The molecule has 1 aromatic heterocycles. The molecule has 0 fully saturated rings. The minimum absolute atomic E-state index is 0.426. The van der Waals surface area contributed by atoms with Crippen molar-refractivity contribution in [2.75, 3.05) is 11.4 Å². The Balaban J connectivity index is 2.84. The molecule has 0 aliphatic heterocycles. The number of nitrogens with zero attached hydrogens (tertiary/aromatic N) is 2. The molecule has 0 aliphatic carbocycles. The van der Waals surface area contributed by atoms with Crippen LogP contribution >= 0.6 is 23.2 Å². The SMILES string of the molecule is CCCCCN(c1cc(CCl)c(Cl)cn1)C(C)C. The molecule has 0 radical (unpaired) electrons. The second-order valence-electron chi connectivity index (χ2n) is 4.76. The number of hydrogen-bond donors (Lipinski definition) is 0. The fourth-order valence-corrected chi connectivity index (χ4v) is 2.36. The molecule has 0 atom stereocenters. The average Bonchev–Trinajstić information content (AvgIpc) is 2.35. The lowest BCUT2D eigenvalue weighted by Gasteiger charge is -2.28. The molecule has 4 heteroatoms. The number of hydrogen-bond acceptors (Lipinski definition) is 2. The van der Waals surface area contributed by atoms with Gasteiger partial charge in [0.2, 0.25) is 0 Å². The normalized spacial score (nSPS) is 11.0. The van der Waals surface area contributed by atoms with E-state index >= 15 is 0 Å². The molecule has 18 heavy (non-hydrogen) atoms. The highest BCUT2D eigenvalue weighted by Gasteiger charge is 2.13. The first-order valence-electron chi connectivity index (χ1n) is 6.57. The molecule has 0 aliphatic rings. The van der Waals surface area contributed by atoms with Gasteiger partial charge in [0.05, 0.1) is 5.02 Å². The Morgan fingerprint density at radius 3 is 2.61 bits per heavy atom. The van der Waals surface area contributed by atoms with Crippen LogP contribution in [-0.4, -0.2) is 17.6 Å². The van der Waals surface area contributed by atoms with Crippen LogP contribution in [0.5, 0.6) is 0 Å². The molecule has 0 amide bonds. The van der Waals surface area contributed by atoms with Gasteiger partial charge in [0.15, 0.2) is 0 Å². The van der Waals surface area contributed by atoms with Gasteiger partial charge < -0.3 is 4.90 Å². The molecular formula is C14H22Cl2N2. The van der Waals surface area contributed by atoms with Crippen LogP contribution in [0.25, 0.3) is 0 Å². The monoisotopic (exact) mass is 288 g/mol. The smallest absolute Gasteiger partial charge is 0.129 e. The van der Waals surface area contributed by atoms with E-state index in [1.807, 2.05) is 6.07 Å². The molecule has 0 aromatic carbocycles. The van der Waals surface area contributed by atoms with E-state index in [2.05, 4.69) is 30.7 Å². The molecule has 0 unspecified atom stereocenters. The van der Waals surface area contributed by atoms with Crippen molar-refractivity contribution in [2.45, 2.75) is 52.0 Å². The maximum Gasteiger partial charge on any atom is 0.129 e. The zero-order valence-electron chi connectivity index (χ0n) is 11.4. The molecule has 0 bridgehead atoms. The third kappa shape index (κ3) is 4.33. The maximum atomic E-state index is 6.04. The van der Waals surface area contributed by atoms with Crippen LogP contribution in [0.3, 0.4) is 0 Å². The highest BCUT2D eigenvalue weighted by molar-refractivity contribution is 6.32. The van der Waals surface area contributed by atoms with Crippen molar-refractivity contribution in [2.24, 2.45) is 0 Å². The Bertz CT molecular complexity index is 367. The first kappa shape index (κ1) is 15.6. The second-order valence-corrected chi connectivity index (χ2v) is 5.44. The summed E-state index contributed by atoms with van der Waals surface area (Å²) in [5.41, 5.74) is 0.949. The van der Waals surface area contributed by atoms with Gasteiger partial charge >= 0.3 is 0 Å². The van der Waals surface area contributed by atoms with E-state index in [1.165, 1.54) is 19.3 Å². The summed E-state index contributed by atoms with van der Waals surface area (Å²) in [6, 6.07) is 2.43. The molecule has 102 valence electrons. The Hall–Kier alpha value is -0.470. The Kier molecular flexibility index (Phi) is 6.80. The van der Waals surface area contributed by atoms with Crippen molar-refractivity contribution in [3.63, 3.8) is 0 Å². The van der Waals surface area contributed by atoms with Gasteiger partial charge in [0, 0.05) is 24.7 Å². The fraction of sp³-hybridized carbons (Fsp3) is 0.643. The molecule has 2 nitrogen and oxygen atoms in total. The predicted molar refractivity (Wildman–Crippen MR) is 80.8 cm³/mol. The summed E-state index contributed by atoms with van der Waals surface area (Å²) in [6.07, 6.45) is 5.37. The van der Waals surface area contributed by atoms with Crippen LogP contribution in [0.2, 0.25) is 5.02 Å². The molecule has 1 rings (SSSR count). The van der Waals surface area contributed by atoms with Gasteiger partial charge in [0.1, 0.15) is 5.82 Å². The molecule has 0 saturated heterocycles. The summed E-state index contributed by atoms with van der Waals surface area (Å²) >= 11 is 11.9. The van der Waals surface area contributed by atoms with E-state index in [-0.39, 0.29) is 0 Å². The van der Waals surface area contributed by atoms with Crippen LogP contribution in [-0.2, 0) is 5.88 Å². The lowest BCUT2D eigenvalue weighted by atomic mass is 10.2. The number of halogens is 2. The third-order valence-electron chi connectivity index (χ3n) is 2.98. The first-order valence-corrected chi connectivity index (χ1v) is 7.48. The Morgan fingerprint density at radius 2 is 2.06 bits per heavy atom. The van der Waals surface area contributed by atoms with Gasteiger partial charge in [-0.05, 0) is 31.9 Å². The van der Waals surface area contributed by atoms with Crippen LogP contribution in [0.15, 0.2) is 12.3 Å². The predicted octanol–water partition coefficient (Wildman–Crippen LogP) is 4.88. The maximum absolute atomic E-state index is 6.04. The van der Waals surface area contributed by atoms with Gasteiger partial charge in [-0.2, -0.15) is 0 Å². The fourth-order valence-electron chi connectivity index (χ4n) is 1.90. The van der Waals surface area contributed by atoms with Crippen molar-refractivity contribution < 1.29 is 0 Å². The number of rotatable bonds is 7. The largest absolute Gasteiger partial charge is 0.354 e. The number of aromatic nitrogens is 1. The molecule has 1 heterocycles. The van der Waals surface area contributed by atoms with E-state index in [4.69, 9.17) is 23.2 Å². The van der Waals surface area contributed by atoms with Gasteiger partial charge in [-0.3, -0.25) is 0 Å². The zero-order chi connectivity index (χ0) is 13.5. The molecule has 0 saturated carbocycles. The number of unbranched alkanes of at least 4 members (excludes halogenated alkanes) is 2. The summed E-state index contributed by atoms with van der Waals surface area (Å²) in [6.45, 7) is 7.61. The molecule has 1 aromatic rings.